The summed E-state index contributed by atoms with van der Waals surface area (Å²) in [6.07, 6.45) is 6.64. The number of thioether (sulfide) groups is 1. The van der Waals surface area contributed by atoms with Gasteiger partial charge in [0, 0.05) is 10.6 Å². The number of hydrogen-bond acceptors (Lipinski definition) is 2. The maximum atomic E-state index is 10.3. The van der Waals surface area contributed by atoms with Crippen LogP contribution >= 0.6 is 11.8 Å². The first-order valence-corrected chi connectivity index (χ1v) is 7.17. The summed E-state index contributed by atoms with van der Waals surface area (Å²) >= 11 is 1.85. The molecule has 0 spiro atoms. The number of aliphatic hydroxyl groups is 1. The lowest BCUT2D eigenvalue weighted by Crippen LogP contribution is -2.31. The molecule has 1 N–H and O–H groups in total. The molecule has 16 heavy (non-hydrogen) atoms. The molecule has 0 amide bonds. The topological polar surface area (TPSA) is 20.2 Å². The lowest BCUT2D eigenvalue weighted by Gasteiger charge is -2.31. The average molecular weight is 236 g/mol. The Balaban J connectivity index is 1.75. The van der Waals surface area contributed by atoms with Gasteiger partial charge in [-0.3, -0.25) is 0 Å². The summed E-state index contributed by atoms with van der Waals surface area (Å²) in [5, 5.41) is 10.3. The van der Waals surface area contributed by atoms with E-state index in [0.29, 0.717) is 0 Å². The van der Waals surface area contributed by atoms with Gasteiger partial charge in [0.1, 0.15) is 0 Å². The normalized spacial score (nSPS) is 19.6. The fourth-order valence-electron chi connectivity index (χ4n) is 2.34. The van der Waals surface area contributed by atoms with Gasteiger partial charge in [-0.15, -0.1) is 11.8 Å². The van der Waals surface area contributed by atoms with E-state index in [4.69, 9.17) is 0 Å². The van der Waals surface area contributed by atoms with Crippen LogP contribution in [0.2, 0.25) is 0 Å². The molecular weight excluding hydrogens is 216 g/mol. The number of benzene rings is 1. The van der Waals surface area contributed by atoms with Gasteiger partial charge in [-0.05, 0) is 31.4 Å². The van der Waals surface area contributed by atoms with Crippen molar-refractivity contribution in [1.29, 1.82) is 0 Å². The first-order valence-electron chi connectivity index (χ1n) is 6.19. The molecule has 0 bridgehead atoms. The minimum Gasteiger partial charge on any atom is -0.390 e. The smallest absolute Gasteiger partial charge is 0.0655 e. The van der Waals surface area contributed by atoms with E-state index >= 15 is 0 Å². The van der Waals surface area contributed by atoms with Gasteiger partial charge in [-0.1, -0.05) is 37.5 Å². The summed E-state index contributed by atoms with van der Waals surface area (Å²) < 4.78 is 0. The minimum atomic E-state index is -0.361. The second kappa shape index (κ2) is 5.74. The predicted octanol–water partition coefficient (Wildman–Crippen LogP) is 3.86. The third-order valence-electron chi connectivity index (χ3n) is 3.36. The van der Waals surface area contributed by atoms with Crippen molar-refractivity contribution in [1.82, 2.24) is 0 Å². The highest BCUT2D eigenvalue weighted by atomic mass is 32.2. The third-order valence-corrected chi connectivity index (χ3v) is 4.38. The molecule has 0 saturated heterocycles. The minimum absolute atomic E-state index is 0.361. The molecule has 1 aromatic rings. The van der Waals surface area contributed by atoms with Crippen molar-refractivity contribution < 1.29 is 5.11 Å². The quantitative estimate of drug-likeness (QED) is 0.801. The van der Waals surface area contributed by atoms with Gasteiger partial charge in [0.2, 0.25) is 0 Å². The molecule has 1 aliphatic carbocycles. The molecule has 0 aliphatic heterocycles. The van der Waals surface area contributed by atoms with Gasteiger partial charge in [0.25, 0.3) is 0 Å². The molecule has 1 fully saturated rings. The van der Waals surface area contributed by atoms with Crippen molar-refractivity contribution >= 4 is 11.8 Å². The van der Waals surface area contributed by atoms with Crippen LogP contribution in [-0.4, -0.2) is 16.5 Å². The summed E-state index contributed by atoms with van der Waals surface area (Å²) in [5.41, 5.74) is -0.361. The van der Waals surface area contributed by atoms with Gasteiger partial charge in [-0.2, -0.15) is 0 Å². The van der Waals surface area contributed by atoms with Gasteiger partial charge in [0.15, 0.2) is 0 Å². The number of hydrogen-bond donors (Lipinski definition) is 1. The SMILES string of the molecule is OC1(CCSc2ccccc2)CCCCC1. The van der Waals surface area contributed by atoms with E-state index in [1.807, 2.05) is 17.8 Å². The molecule has 1 nitrogen and oxygen atoms in total. The Labute approximate surface area is 102 Å². The molecule has 0 heterocycles. The zero-order chi connectivity index (χ0) is 11.3. The van der Waals surface area contributed by atoms with Crippen LogP contribution in [0, 0.1) is 0 Å². The Kier molecular flexibility index (Phi) is 4.30. The van der Waals surface area contributed by atoms with E-state index in [2.05, 4.69) is 24.3 Å². The van der Waals surface area contributed by atoms with E-state index in [1.165, 1.54) is 24.2 Å². The van der Waals surface area contributed by atoms with Crippen molar-refractivity contribution in [3.05, 3.63) is 30.3 Å². The molecule has 0 unspecified atom stereocenters. The van der Waals surface area contributed by atoms with Crippen LogP contribution in [0.3, 0.4) is 0 Å². The molecule has 2 rings (SSSR count). The molecule has 1 saturated carbocycles. The maximum Gasteiger partial charge on any atom is 0.0655 e. The van der Waals surface area contributed by atoms with Crippen LogP contribution in [-0.2, 0) is 0 Å². The number of rotatable bonds is 4. The van der Waals surface area contributed by atoms with Crippen LogP contribution in [0.1, 0.15) is 38.5 Å². The van der Waals surface area contributed by atoms with E-state index in [0.717, 1.165) is 25.0 Å². The van der Waals surface area contributed by atoms with Crippen LogP contribution in [0.25, 0.3) is 0 Å². The summed E-state index contributed by atoms with van der Waals surface area (Å²) in [4.78, 5) is 1.31. The second-order valence-corrected chi connectivity index (χ2v) is 5.86. The molecule has 0 aromatic heterocycles. The molecule has 88 valence electrons. The van der Waals surface area contributed by atoms with Crippen molar-refractivity contribution in [3.8, 4) is 0 Å². The Hall–Kier alpha value is -0.470. The molecule has 2 heteroatoms. The Morgan fingerprint density at radius 2 is 1.75 bits per heavy atom. The molecule has 0 radical (unpaired) electrons. The lowest BCUT2D eigenvalue weighted by atomic mass is 9.83. The predicted molar refractivity (Wildman–Crippen MR) is 69.8 cm³/mol. The fourth-order valence-corrected chi connectivity index (χ4v) is 3.40. The maximum absolute atomic E-state index is 10.3. The first-order chi connectivity index (χ1) is 7.79. The standard InChI is InChI=1S/C14H20OS/c15-14(9-5-2-6-10-14)11-12-16-13-7-3-1-4-8-13/h1,3-4,7-8,15H,2,5-6,9-12H2. The van der Waals surface area contributed by atoms with Gasteiger partial charge >= 0.3 is 0 Å². The summed E-state index contributed by atoms with van der Waals surface area (Å²) in [7, 11) is 0. The van der Waals surface area contributed by atoms with Crippen LogP contribution in [0.5, 0.6) is 0 Å². The van der Waals surface area contributed by atoms with Crippen molar-refractivity contribution in [2.24, 2.45) is 0 Å². The van der Waals surface area contributed by atoms with E-state index in [-0.39, 0.29) is 5.60 Å². The molecular formula is C14H20OS. The van der Waals surface area contributed by atoms with E-state index in [1.54, 1.807) is 0 Å². The highest BCUT2D eigenvalue weighted by Gasteiger charge is 2.28. The monoisotopic (exact) mass is 236 g/mol. The summed E-state index contributed by atoms with van der Waals surface area (Å²) in [5.74, 6) is 1.03. The third kappa shape index (κ3) is 3.53. The van der Waals surface area contributed by atoms with Crippen molar-refractivity contribution in [3.63, 3.8) is 0 Å². The Morgan fingerprint density at radius 1 is 1.06 bits per heavy atom. The Bertz CT molecular complexity index is 304. The van der Waals surface area contributed by atoms with Gasteiger partial charge < -0.3 is 5.11 Å². The highest BCUT2D eigenvalue weighted by Crippen LogP contribution is 2.32. The Morgan fingerprint density at radius 3 is 2.44 bits per heavy atom. The van der Waals surface area contributed by atoms with Crippen LogP contribution in [0.15, 0.2) is 35.2 Å². The van der Waals surface area contributed by atoms with E-state index in [9.17, 15) is 5.11 Å². The summed E-state index contributed by atoms with van der Waals surface area (Å²) in [6, 6.07) is 10.4. The van der Waals surface area contributed by atoms with Crippen LogP contribution in [0.4, 0.5) is 0 Å². The molecule has 0 atom stereocenters. The van der Waals surface area contributed by atoms with E-state index < -0.39 is 0 Å². The first kappa shape index (κ1) is 12.0. The van der Waals surface area contributed by atoms with Gasteiger partial charge in [-0.25, -0.2) is 0 Å². The molecule has 1 aliphatic rings. The zero-order valence-electron chi connectivity index (χ0n) is 9.69. The fraction of sp³-hybridized carbons (Fsp3) is 0.571. The highest BCUT2D eigenvalue weighted by molar-refractivity contribution is 7.99. The molecule has 1 aromatic carbocycles. The van der Waals surface area contributed by atoms with Gasteiger partial charge in [0.05, 0.1) is 5.60 Å². The largest absolute Gasteiger partial charge is 0.390 e. The average Bonchev–Trinajstić information content (AvgIpc) is 2.31. The zero-order valence-corrected chi connectivity index (χ0v) is 10.5. The van der Waals surface area contributed by atoms with Crippen LogP contribution < -0.4 is 0 Å². The van der Waals surface area contributed by atoms with Crippen molar-refractivity contribution in [2.45, 2.75) is 49.0 Å². The van der Waals surface area contributed by atoms with Crippen molar-refractivity contribution in [2.75, 3.05) is 5.75 Å². The lowest BCUT2D eigenvalue weighted by molar-refractivity contribution is 0.00176. The summed E-state index contributed by atoms with van der Waals surface area (Å²) in [6.45, 7) is 0. The second-order valence-electron chi connectivity index (χ2n) is 4.70.